The lowest BCUT2D eigenvalue weighted by Gasteiger charge is -2.24. The number of hydrogen-bond donors (Lipinski definition) is 3. The predicted molar refractivity (Wildman–Crippen MR) is 246 cm³/mol. The van der Waals surface area contributed by atoms with Crippen LogP contribution in [0.1, 0.15) is 265 Å². The fourth-order valence-electron chi connectivity index (χ4n) is 7.66. The number of carbonyl (C=O) groups excluding carboxylic acids is 2. The van der Waals surface area contributed by atoms with Crippen LogP contribution >= 0.6 is 0 Å². The molecule has 0 aromatic rings. The van der Waals surface area contributed by atoms with E-state index in [1.165, 1.54) is 154 Å². The summed E-state index contributed by atoms with van der Waals surface area (Å²) in [6.07, 6.45) is 51.0. The van der Waals surface area contributed by atoms with Crippen molar-refractivity contribution < 1.29 is 24.5 Å². The van der Waals surface area contributed by atoms with Crippen LogP contribution in [-0.4, -0.2) is 46.9 Å². The summed E-state index contributed by atoms with van der Waals surface area (Å²) < 4.78 is 5.90. The van der Waals surface area contributed by atoms with E-state index in [1.54, 1.807) is 0 Å². The number of amides is 1. The number of unbranched alkanes of at least 4 members (excludes halogenated alkanes) is 29. The largest absolute Gasteiger partial charge is 0.462 e. The Bertz CT molecular complexity index is 904. The zero-order chi connectivity index (χ0) is 41.7. The van der Waals surface area contributed by atoms with Crippen LogP contribution in [0.5, 0.6) is 0 Å². The van der Waals surface area contributed by atoms with E-state index in [0.29, 0.717) is 19.3 Å². The monoisotopic (exact) mass is 804 g/mol. The van der Waals surface area contributed by atoms with Gasteiger partial charge in [-0.05, 0) is 70.6 Å². The number of esters is 1. The normalized spacial score (nSPS) is 13.4. The Morgan fingerprint density at radius 1 is 0.491 bits per heavy atom. The van der Waals surface area contributed by atoms with Gasteiger partial charge < -0.3 is 20.3 Å². The van der Waals surface area contributed by atoms with Crippen molar-refractivity contribution in [2.75, 3.05) is 6.61 Å². The SMILES string of the molecule is CCCCCCCCC/C=C\CCCC(CC(=O)NC(CO)C(O)CCCCCCCCCCCC)OC(=O)CCCCCCC/C=C/CCCCCCCCC. The van der Waals surface area contributed by atoms with Crippen LogP contribution in [-0.2, 0) is 14.3 Å². The van der Waals surface area contributed by atoms with Crippen LogP contribution in [0, 0.1) is 0 Å². The Balaban J connectivity index is 4.58. The summed E-state index contributed by atoms with van der Waals surface area (Å²) >= 11 is 0. The molecule has 3 atom stereocenters. The third-order valence-electron chi connectivity index (χ3n) is 11.5. The van der Waals surface area contributed by atoms with Crippen molar-refractivity contribution in [2.24, 2.45) is 0 Å². The first-order valence-corrected chi connectivity index (χ1v) is 25.1. The predicted octanol–water partition coefficient (Wildman–Crippen LogP) is 14.7. The van der Waals surface area contributed by atoms with Crippen molar-refractivity contribution >= 4 is 11.9 Å². The first-order chi connectivity index (χ1) is 28.0. The molecule has 1 amide bonds. The molecule has 0 heterocycles. The van der Waals surface area contributed by atoms with E-state index in [1.807, 2.05) is 0 Å². The molecule has 0 aliphatic carbocycles. The van der Waals surface area contributed by atoms with Crippen molar-refractivity contribution in [1.29, 1.82) is 0 Å². The standard InChI is InChI=1S/C51H97NO5/c1-4-7-10-13-16-19-22-24-25-26-27-29-32-35-38-41-44-51(56)57-47(42-39-36-33-30-28-23-20-17-14-11-8-5-2)45-50(55)52-48(46-53)49(54)43-40-37-34-31-21-18-15-12-9-6-3/h25-26,30,33,47-49,53-54H,4-24,27-29,31-32,34-46H2,1-3H3,(H,52,55)/b26-25+,33-30-. The van der Waals surface area contributed by atoms with E-state index in [0.717, 1.165) is 64.2 Å². The number of ether oxygens (including phenoxy) is 1. The minimum Gasteiger partial charge on any atom is -0.462 e. The lowest BCUT2D eigenvalue weighted by Crippen LogP contribution is -2.46. The molecule has 0 aromatic heterocycles. The highest BCUT2D eigenvalue weighted by Crippen LogP contribution is 2.17. The molecule has 0 aliphatic rings. The molecular weight excluding hydrogens is 707 g/mol. The van der Waals surface area contributed by atoms with Gasteiger partial charge in [0.2, 0.25) is 5.91 Å². The van der Waals surface area contributed by atoms with Gasteiger partial charge in [0.05, 0.1) is 25.2 Å². The van der Waals surface area contributed by atoms with Gasteiger partial charge in [0.15, 0.2) is 0 Å². The van der Waals surface area contributed by atoms with Gasteiger partial charge in [-0.25, -0.2) is 0 Å². The van der Waals surface area contributed by atoms with Crippen molar-refractivity contribution in [2.45, 2.75) is 283 Å². The first-order valence-electron chi connectivity index (χ1n) is 25.1. The first kappa shape index (κ1) is 55.3. The third-order valence-corrected chi connectivity index (χ3v) is 11.5. The van der Waals surface area contributed by atoms with E-state index >= 15 is 0 Å². The van der Waals surface area contributed by atoms with Crippen molar-refractivity contribution in [1.82, 2.24) is 5.32 Å². The fraction of sp³-hybridized carbons (Fsp3) is 0.882. The summed E-state index contributed by atoms with van der Waals surface area (Å²) in [6, 6.07) is -0.706. The average molecular weight is 804 g/mol. The molecule has 3 N–H and O–H groups in total. The zero-order valence-electron chi connectivity index (χ0n) is 38.2. The van der Waals surface area contributed by atoms with Gasteiger partial charge >= 0.3 is 5.97 Å². The highest BCUT2D eigenvalue weighted by molar-refractivity contribution is 5.77. The molecule has 0 aliphatic heterocycles. The third kappa shape index (κ3) is 40.9. The minimum absolute atomic E-state index is 0.0570. The average Bonchev–Trinajstić information content (AvgIpc) is 3.20. The summed E-state index contributed by atoms with van der Waals surface area (Å²) in [5.41, 5.74) is 0. The Kier molecular flexibility index (Phi) is 44.1. The van der Waals surface area contributed by atoms with Gasteiger partial charge in [-0.1, -0.05) is 206 Å². The Hall–Kier alpha value is -1.66. The van der Waals surface area contributed by atoms with Gasteiger partial charge in [0.25, 0.3) is 0 Å². The second kappa shape index (κ2) is 45.4. The Labute approximate surface area is 354 Å². The van der Waals surface area contributed by atoms with Crippen molar-refractivity contribution in [3.8, 4) is 0 Å². The van der Waals surface area contributed by atoms with Crippen LogP contribution in [0.2, 0.25) is 0 Å². The maximum atomic E-state index is 13.1. The minimum atomic E-state index is -0.790. The quantitative estimate of drug-likeness (QED) is 0.0324. The molecule has 0 bridgehead atoms. The zero-order valence-corrected chi connectivity index (χ0v) is 38.2. The van der Waals surface area contributed by atoms with Gasteiger partial charge in [-0.15, -0.1) is 0 Å². The molecule has 0 saturated heterocycles. The topological polar surface area (TPSA) is 95.9 Å². The Morgan fingerprint density at radius 3 is 1.28 bits per heavy atom. The second-order valence-corrected chi connectivity index (χ2v) is 17.2. The summed E-state index contributed by atoms with van der Waals surface area (Å²) in [5.74, 6) is -0.504. The van der Waals surface area contributed by atoms with Crippen LogP contribution in [0.25, 0.3) is 0 Å². The highest BCUT2D eigenvalue weighted by atomic mass is 16.5. The molecule has 0 spiro atoms. The molecule has 336 valence electrons. The van der Waals surface area contributed by atoms with Crippen LogP contribution in [0.3, 0.4) is 0 Å². The van der Waals surface area contributed by atoms with E-state index in [4.69, 9.17) is 4.74 Å². The van der Waals surface area contributed by atoms with Gasteiger partial charge in [0.1, 0.15) is 6.10 Å². The second-order valence-electron chi connectivity index (χ2n) is 17.2. The molecule has 0 aromatic carbocycles. The molecule has 6 heteroatoms. The van der Waals surface area contributed by atoms with Gasteiger partial charge in [0, 0.05) is 6.42 Å². The van der Waals surface area contributed by atoms with Crippen LogP contribution < -0.4 is 5.32 Å². The lowest BCUT2D eigenvalue weighted by molar-refractivity contribution is -0.151. The van der Waals surface area contributed by atoms with Crippen LogP contribution in [0.4, 0.5) is 0 Å². The van der Waals surface area contributed by atoms with E-state index in [9.17, 15) is 19.8 Å². The summed E-state index contributed by atoms with van der Waals surface area (Å²) in [5, 5.41) is 23.6. The number of rotatable bonds is 45. The van der Waals surface area contributed by atoms with E-state index in [-0.39, 0.29) is 24.9 Å². The van der Waals surface area contributed by atoms with E-state index < -0.39 is 18.2 Å². The number of hydrogen-bond acceptors (Lipinski definition) is 5. The summed E-state index contributed by atoms with van der Waals surface area (Å²) in [6.45, 7) is 6.46. The van der Waals surface area contributed by atoms with Gasteiger partial charge in [-0.3, -0.25) is 9.59 Å². The lowest BCUT2D eigenvalue weighted by atomic mass is 10.0. The van der Waals surface area contributed by atoms with Crippen LogP contribution in [0.15, 0.2) is 24.3 Å². The molecular formula is C51H97NO5. The highest BCUT2D eigenvalue weighted by Gasteiger charge is 2.24. The van der Waals surface area contributed by atoms with Gasteiger partial charge in [-0.2, -0.15) is 0 Å². The molecule has 0 rings (SSSR count). The maximum Gasteiger partial charge on any atom is 0.306 e. The number of allylic oxidation sites excluding steroid dienone is 4. The summed E-state index contributed by atoms with van der Waals surface area (Å²) in [4.78, 5) is 26.0. The molecule has 6 nitrogen and oxygen atoms in total. The molecule has 57 heavy (non-hydrogen) atoms. The molecule has 3 unspecified atom stereocenters. The fourth-order valence-corrected chi connectivity index (χ4v) is 7.66. The molecule has 0 radical (unpaired) electrons. The molecule has 0 fully saturated rings. The molecule has 0 saturated carbocycles. The maximum absolute atomic E-state index is 13.1. The van der Waals surface area contributed by atoms with E-state index in [2.05, 4.69) is 50.4 Å². The summed E-state index contributed by atoms with van der Waals surface area (Å²) in [7, 11) is 0. The number of aliphatic hydroxyl groups excluding tert-OH is 2. The Morgan fingerprint density at radius 2 is 0.860 bits per heavy atom. The number of aliphatic hydroxyl groups is 2. The van der Waals surface area contributed by atoms with Crippen molar-refractivity contribution in [3.63, 3.8) is 0 Å². The number of carbonyl (C=O) groups is 2. The smallest absolute Gasteiger partial charge is 0.306 e. The number of nitrogens with one attached hydrogen (secondary N) is 1. The van der Waals surface area contributed by atoms with Crippen molar-refractivity contribution in [3.05, 3.63) is 24.3 Å².